The fraction of sp³-hybridized carbons (Fsp3) is 1.00. The van der Waals surface area contributed by atoms with Crippen LogP contribution in [0.2, 0.25) is 0 Å². The fourth-order valence-electron chi connectivity index (χ4n) is 1.15. The molecule has 0 aromatic heterocycles. The lowest BCUT2D eigenvalue weighted by Crippen LogP contribution is -2.30. The molecule has 3 heteroatoms. The molecule has 0 aromatic carbocycles. The van der Waals surface area contributed by atoms with Gasteiger partial charge in [0.25, 0.3) is 0 Å². The lowest BCUT2D eigenvalue weighted by molar-refractivity contribution is 0.278. The third kappa shape index (κ3) is 1.91. The third-order valence-electron chi connectivity index (χ3n) is 1.60. The van der Waals surface area contributed by atoms with Gasteiger partial charge in [-0.3, -0.25) is 4.90 Å². The van der Waals surface area contributed by atoms with Crippen LogP contribution < -0.4 is 5.32 Å². The molecule has 0 radical (unpaired) electrons. The summed E-state index contributed by atoms with van der Waals surface area (Å²) in [5.74, 6) is 0. The van der Waals surface area contributed by atoms with Crippen molar-refractivity contribution in [3.05, 3.63) is 0 Å². The first kappa shape index (κ1) is 6.96. The maximum atomic E-state index is 12.4. The van der Waals surface area contributed by atoms with Gasteiger partial charge in [-0.1, -0.05) is 0 Å². The molecule has 1 aliphatic rings. The maximum Gasteiger partial charge on any atom is 0.114 e. The second kappa shape index (κ2) is 3.13. The first-order valence-electron chi connectivity index (χ1n) is 3.34. The van der Waals surface area contributed by atoms with Gasteiger partial charge in [0, 0.05) is 19.8 Å². The molecule has 54 valence electrons. The molecule has 1 N–H and O–H groups in total. The van der Waals surface area contributed by atoms with Crippen LogP contribution in [0, 0.1) is 0 Å². The van der Waals surface area contributed by atoms with Gasteiger partial charge >= 0.3 is 0 Å². The van der Waals surface area contributed by atoms with E-state index in [9.17, 15) is 4.39 Å². The van der Waals surface area contributed by atoms with Crippen LogP contribution in [0.25, 0.3) is 0 Å². The van der Waals surface area contributed by atoms with E-state index < -0.39 is 6.17 Å². The molecule has 1 unspecified atom stereocenters. The topological polar surface area (TPSA) is 15.3 Å². The number of nitrogens with zero attached hydrogens (tertiary/aromatic N) is 1. The molecule has 0 spiro atoms. The van der Waals surface area contributed by atoms with Crippen molar-refractivity contribution in [3.8, 4) is 0 Å². The van der Waals surface area contributed by atoms with Crippen molar-refractivity contribution in [3.63, 3.8) is 0 Å². The maximum absolute atomic E-state index is 12.4. The number of hydrogen-bond acceptors (Lipinski definition) is 2. The summed E-state index contributed by atoms with van der Waals surface area (Å²) in [6, 6.07) is 0. The molecule has 0 aromatic rings. The molecule has 1 atom stereocenters. The molecule has 1 heterocycles. The van der Waals surface area contributed by atoms with Crippen molar-refractivity contribution < 1.29 is 4.39 Å². The highest BCUT2D eigenvalue weighted by Crippen LogP contribution is 2.09. The van der Waals surface area contributed by atoms with Gasteiger partial charge in [0.2, 0.25) is 0 Å². The summed E-state index contributed by atoms with van der Waals surface area (Å²) in [5.41, 5.74) is 0. The van der Waals surface area contributed by atoms with Crippen molar-refractivity contribution in [2.45, 2.75) is 12.6 Å². The van der Waals surface area contributed by atoms with Crippen LogP contribution in [0.4, 0.5) is 4.39 Å². The second-order valence-corrected chi connectivity index (χ2v) is 2.47. The quantitative estimate of drug-likeness (QED) is 0.577. The summed E-state index contributed by atoms with van der Waals surface area (Å²) in [6.45, 7) is 2.34. The van der Waals surface area contributed by atoms with E-state index in [1.807, 2.05) is 7.05 Å². The molecule has 2 nitrogen and oxygen atoms in total. The summed E-state index contributed by atoms with van der Waals surface area (Å²) in [5, 5.41) is 2.99. The van der Waals surface area contributed by atoms with E-state index in [1.54, 1.807) is 0 Å². The van der Waals surface area contributed by atoms with E-state index in [0.717, 1.165) is 13.2 Å². The number of hydrogen-bond donors (Lipinski definition) is 1. The smallest absolute Gasteiger partial charge is 0.114 e. The van der Waals surface area contributed by atoms with Gasteiger partial charge in [0.05, 0.1) is 0 Å². The highest BCUT2D eigenvalue weighted by atomic mass is 19.1. The fourth-order valence-corrected chi connectivity index (χ4v) is 1.15. The largest absolute Gasteiger partial charge is 0.307 e. The number of likely N-dealkylation sites (tertiary alicyclic amines) is 1. The van der Waals surface area contributed by atoms with Crippen LogP contribution in [0.15, 0.2) is 0 Å². The third-order valence-corrected chi connectivity index (χ3v) is 1.60. The highest BCUT2D eigenvalue weighted by Gasteiger charge is 2.20. The number of rotatable bonds is 2. The van der Waals surface area contributed by atoms with Crippen LogP contribution in [-0.2, 0) is 0 Å². The molecule has 9 heavy (non-hydrogen) atoms. The average molecular weight is 132 g/mol. The average Bonchev–Trinajstić information content (AvgIpc) is 2.17. The Hall–Kier alpha value is -0.150. The van der Waals surface area contributed by atoms with Gasteiger partial charge in [-0.25, -0.2) is 4.39 Å². The van der Waals surface area contributed by atoms with Crippen molar-refractivity contribution in [1.82, 2.24) is 10.2 Å². The van der Waals surface area contributed by atoms with Crippen molar-refractivity contribution in [2.24, 2.45) is 0 Å². The molecule has 1 fully saturated rings. The van der Waals surface area contributed by atoms with Gasteiger partial charge in [0.1, 0.15) is 6.17 Å². The zero-order valence-corrected chi connectivity index (χ0v) is 5.73. The van der Waals surface area contributed by atoms with E-state index in [2.05, 4.69) is 10.2 Å². The van der Waals surface area contributed by atoms with Gasteiger partial charge in [0.15, 0.2) is 0 Å². The first-order valence-corrected chi connectivity index (χ1v) is 3.34. The Labute approximate surface area is 55.0 Å². The predicted octanol–water partition coefficient (Wildman–Crippen LogP) is 0.207. The molecule has 0 saturated carbocycles. The summed E-state index contributed by atoms with van der Waals surface area (Å²) in [7, 11) is 1.88. The monoisotopic (exact) mass is 132 g/mol. The highest BCUT2D eigenvalue weighted by molar-refractivity contribution is 4.73. The van der Waals surface area contributed by atoms with Crippen molar-refractivity contribution >= 4 is 0 Å². The van der Waals surface area contributed by atoms with Crippen LogP contribution in [0.3, 0.4) is 0 Å². The van der Waals surface area contributed by atoms with E-state index in [-0.39, 0.29) is 0 Å². The van der Waals surface area contributed by atoms with Gasteiger partial charge in [-0.2, -0.15) is 0 Å². The summed E-state index contributed by atoms with van der Waals surface area (Å²) < 4.78 is 12.4. The Kier molecular flexibility index (Phi) is 2.42. The van der Waals surface area contributed by atoms with E-state index in [4.69, 9.17) is 0 Å². The Balaban J connectivity index is 2.14. The molecular weight excluding hydrogens is 119 g/mol. The van der Waals surface area contributed by atoms with Crippen molar-refractivity contribution in [2.75, 3.05) is 26.8 Å². The van der Waals surface area contributed by atoms with E-state index in [1.165, 1.54) is 0 Å². The minimum absolute atomic E-state index is 0.585. The first-order chi connectivity index (χ1) is 4.33. The summed E-state index contributed by atoms with van der Waals surface area (Å²) in [6.07, 6.45) is 0.125. The van der Waals surface area contributed by atoms with Gasteiger partial charge < -0.3 is 5.32 Å². The predicted molar refractivity (Wildman–Crippen MR) is 35.0 cm³/mol. The molecular formula is C6H13FN2. The van der Waals surface area contributed by atoms with Crippen molar-refractivity contribution in [1.29, 1.82) is 0 Å². The van der Waals surface area contributed by atoms with Crippen LogP contribution in [-0.4, -0.2) is 37.9 Å². The van der Waals surface area contributed by atoms with E-state index >= 15 is 0 Å². The number of alkyl halides is 1. The minimum atomic E-state index is -0.585. The summed E-state index contributed by atoms with van der Waals surface area (Å²) in [4.78, 5) is 2.07. The standard InChI is InChI=1S/C6H13FN2/c1-8-5-9-3-2-6(7)4-9/h6,8H,2-5H2,1H3. The minimum Gasteiger partial charge on any atom is -0.307 e. The molecule has 1 saturated heterocycles. The SMILES string of the molecule is CNCN1CCC(F)C1. The zero-order valence-electron chi connectivity index (χ0n) is 5.73. The second-order valence-electron chi connectivity index (χ2n) is 2.47. The zero-order chi connectivity index (χ0) is 6.69. The Morgan fingerprint density at radius 3 is 3.00 bits per heavy atom. The Morgan fingerprint density at radius 1 is 1.78 bits per heavy atom. The molecule has 0 amide bonds. The van der Waals surface area contributed by atoms with Gasteiger partial charge in [-0.05, 0) is 13.5 Å². The Morgan fingerprint density at radius 2 is 2.56 bits per heavy atom. The summed E-state index contributed by atoms with van der Waals surface area (Å²) >= 11 is 0. The molecule has 0 aliphatic carbocycles. The van der Waals surface area contributed by atoms with Gasteiger partial charge in [-0.15, -0.1) is 0 Å². The van der Waals surface area contributed by atoms with Crippen LogP contribution in [0.1, 0.15) is 6.42 Å². The normalized spacial score (nSPS) is 29.3. The van der Waals surface area contributed by atoms with Crippen LogP contribution >= 0.6 is 0 Å². The number of nitrogens with one attached hydrogen (secondary N) is 1. The molecule has 0 bridgehead atoms. The van der Waals surface area contributed by atoms with E-state index in [0.29, 0.717) is 13.0 Å². The lowest BCUT2D eigenvalue weighted by Gasteiger charge is -2.12. The Bertz CT molecular complexity index is 85.1. The molecule has 1 rings (SSSR count). The van der Waals surface area contributed by atoms with Crippen LogP contribution in [0.5, 0.6) is 0 Å². The molecule has 1 aliphatic heterocycles. The number of halogens is 1. The lowest BCUT2D eigenvalue weighted by atomic mass is 10.3.